The fourth-order valence-corrected chi connectivity index (χ4v) is 22.9. The topological polar surface area (TPSA) is 0 Å². The Bertz CT molecular complexity index is 240. The monoisotopic (exact) mass is 322 g/mol. The quantitative estimate of drug-likeness (QED) is 0.499. The maximum Gasteiger partial charge on any atom is 0.125 e. The molecule has 0 saturated carbocycles. The van der Waals surface area contributed by atoms with Crippen molar-refractivity contribution in [2.45, 2.75) is 38.3 Å². The summed E-state index contributed by atoms with van der Waals surface area (Å²) in [5, 5.41) is 0. The predicted molar refractivity (Wildman–Crippen MR) is 112 cm³/mol. The zero-order valence-corrected chi connectivity index (χ0v) is 16.5. The van der Waals surface area contributed by atoms with Crippen molar-refractivity contribution in [2.75, 3.05) is 38.2 Å². The van der Waals surface area contributed by atoms with Crippen LogP contribution in [0.15, 0.2) is 0 Å². The Labute approximate surface area is 122 Å². The Kier molecular flexibility index (Phi) is 6.97. The molecule has 0 aromatic carbocycles. The molecule has 0 heterocycles. The van der Waals surface area contributed by atoms with Crippen molar-refractivity contribution in [2.24, 2.45) is 0 Å². The molecular weight excluding hydrogens is 284 g/mol. The first-order valence-corrected chi connectivity index (χ1v) is 18.0. The van der Waals surface area contributed by atoms with Gasteiger partial charge in [0.05, 0.1) is 16.1 Å². The summed E-state index contributed by atoms with van der Waals surface area (Å²) in [4.78, 5) is 0. The van der Waals surface area contributed by atoms with E-state index in [9.17, 15) is 0 Å². The lowest BCUT2D eigenvalue weighted by atomic mass is 10.8. The molecule has 0 aliphatic heterocycles. The Hall–Kier alpha value is 1.42. The third-order valence-corrected chi connectivity index (χ3v) is 18.6. The molecule has 18 heavy (non-hydrogen) atoms. The van der Waals surface area contributed by atoms with Crippen LogP contribution in [0.25, 0.3) is 0 Å². The number of rotatable bonds is 7. The molecule has 0 spiro atoms. The molecule has 0 aliphatic carbocycles. The van der Waals surface area contributed by atoms with E-state index >= 15 is 0 Å². The lowest BCUT2D eigenvalue weighted by Gasteiger charge is -2.35. The maximum absolute atomic E-state index is 2.69. The second kappa shape index (κ2) is 6.46. The molecule has 110 valence electrons. The van der Waals surface area contributed by atoms with Gasteiger partial charge in [0.15, 0.2) is 0 Å². The second-order valence-electron chi connectivity index (χ2n) is 7.30. The Balaban J connectivity index is 4.38. The maximum atomic E-state index is 2.69. The van der Waals surface area contributed by atoms with Crippen LogP contribution in [0.5, 0.6) is 0 Å². The van der Waals surface area contributed by atoms with Crippen molar-refractivity contribution < 1.29 is 0 Å². The summed E-state index contributed by atoms with van der Waals surface area (Å²) in [6.45, 7) is 21.3. The predicted octanol–water partition coefficient (Wildman–Crippen LogP) is 2.60. The van der Waals surface area contributed by atoms with Crippen molar-refractivity contribution in [3.8, 4) is 0 Å². The van der Waals surface area contributed by atoms with Gasteiger partial charge in [-0.3, -0.25) is 0 Å². The van der Waals surface area contributed by atoms with E-state index in [4.69, 9.17) is 0 Å². The molecule has 0 rings (SSSR count). The Morgan fingerprint density at radius 1 is 0.667 bits per heavy atom. The molecule has 0 radical (unpaired) electrons. The minimum Gasteiger partial charge on any atom is -0.168 e. The van der Waals surface area contributed by atoms with E-state index in [0.717, 1.165) is 0 Å². The van der Waals surface area contributed by atoms with E-state index in [1.807, 2.05) is 0 Å². The average Bonchev–Trinajstić information content (AvgIpc) is 1.91. The fourth-order valence-electron chi connectivity index (χ4n) is 2.55. The number of hydrogen-bond donors (Lipinski definition) is 0. The van der Waals surface area contributed by atoms with Gasteiger partial charge in [-0.05, 0) is 0 Å². The van der Waals surface area contributed by atoms with Crippen LogP contribution in [0.3, 0.4) is 0 Å². The van der Waals surface area contributed by atoms with Crippen molar-refractivity contribution in [1.82, 2.24) is 0 Å². The van der Waals surface area contributed by atoms with E-state index in [0.29, 0.717) is 15.1 Å². The van der Waals surface area contributed by atoms with Crippen LogP contribution < -0.4 is 0 Å². The van der Waals surface area contributed by atoms with Crippen LogP contribution in [-0.4, -0.2) is 69.5 Å². The van der Waals surface area contributed by atoms with Gasteiger partial charge in [-0.25, -0.2) is 0 Å². The largest absolute Gasteiger partial charge is 0.168 e. The summed E-state index contributed by atoms with van der Waals surface area (Å²) in [6.07, 6.45) is 0. The Morgan fingerprint density at radius 3 is 1.06 bits per heavy atom. The van der Waals surface area contributed by atoms with E-state index < -0.39 is 16.1 Å². The number of hydrogen-bond acceptors (Lipinski definition) is 0. The summed E-state index contributed by atoms with van der Waals surface area (Å²) < 4.78 is 0. The summed E-state index contributed by atoms with van der Waals surface area (Å²) in [5.41, 5.74) is 0. The molecule has 0 saturated heterocycles. The lowest BCUT2D eigenvalue weighted by Crippen LogP contribution is -2.38. The van der Waals surface area contributed by atoms with Gasteiger partial charge in [-0.2, -0.15) is 14.3 Å². The zero-order valence-electron chi connectivity index (χ0n) is 12.7. The van der Waals surface area contributed by atoms with Crippen molar-refractivity contribution in [3.05, 3.63) is 0 Å². The highest BCUT2D eigenvalue weighted by molar-refractivity contribution is 7.98. The first kappa shape index (κ1) is 19.4. The highest BCUT2D eigenvalue weighted by atomic mass is 31.2. The highest BCUT2D eigenvalue weighted by Gasteiger charge is 2.34. The van der Waals surface area contributed by atoms with Gasteiger partial charge in [0.2, 0.25) is 0 Å². The summed E-state index contributed by atoms with van der Waals surface area (Å²) in [7, 11) is -1.07. The van der Waals surface area contributed by atoms with Gasteiger partial charge in [0, 0.05) is 38.2 Å². The molecule has 0 nitrogen and oxygen atoms in total. The third-order valence-electron chi connectivity index (χ3n) is 2.97. The molecule has 6 heteroatoms. The summed E-state index contributed by atoms with van der Waals surface area (Å²) in [6, 6.07) is 3.31. The van der Waals surface area contributed by atoms with Gasteiger partial charge in [0.25, 0.3) is 0 Å². The molecule has 0 fully saturated rings. The first-order valence-electron chi connectivity index (χ1n) is 6.34. The van der Waals surface area contributed by atoms with E-state index in [-0.39, 0.29) is 14.3 Å². The van der Waals surface area contributed by atoms with Crippen molar-refractivity contribution >= 4 is 45.6 Å². The fraction of sp³-hybridized carbons (Fsp3) is 1.00. The molecule has 0 aromatic rings. The molecule has 0 atom stereocenters. The highest BCUT2D eigenvalue weighted by Crippen LogP contribution is 2.50. The molecular formula is C12H38B2P2Si2. The zero-order chi connectivity index (χ0) is 14.8. The lowest BCUT2D eigenvalue weighted by molar-refractivity contribution is 1.26. The van der Waals surface area contributed by atoms with E-state index in [2.05, 4.69) is 52.8 Å². The Morgan fingerprint density at radius 2 is 0.889 bits per heavy atom. The van der Waals surface area contributed by atoms with Crippen LogP contribution in [0.2, 0.25) is 38.3 Å². The third kappa shape index (κ3) is 11.3. The van der Waals surface area contributed by atoms with Crippen molar-refractivity contribution in [3.63, 3.8) is 0 Å². The first-order chi connectivity index (χ1) is 7.62. The molecule has 0 amide bonds. The standard InChI is InChI=1S/C12H38B2P2Si2/c1-15(2,13)11-17(5,6)9-10-18(7,8)12-16(3,4)14/h9-12H2,1-8,13-14H3. The molecule has 0 aliphatic rings. The van der Waals surface area contributed by atoms with Gasteiger partial charge < -0.3 is 0 Å². The van der Waals surface area contributed by atoms with Gasteiger partial charge in [-0.15, -0.1) is 0 Å². The van der Waals surface area contributed by atoms with Crippen molar-refractivity contribution in [1.29, 1.82) is 0 Å². The summed E-state index contributed by atoms with van der Waals surface area (Å²) >= 11 is 0. The van der Waals surface area contributed by atoms with Crippen LogP contribution in [0.1, 0.15) is 0 Å². The van der Waals surface area contributed by atoms with E-state index in [1.54, 1.807) is 23.7 Å². The second-order valence-corrected chi connectivity index (χ2v) is 23.8. The van der Waals surface area contributed by atoms with Crippen LogP contribution >= 0.6 is 14.3 Å². The van der Waals surface area contributed by atoms with Crippen LogP contribution in [0.4, 0.5) is 0 Å². The molecule has 0 bridgehead atoms. The molecule has 0 aromatic heterocycles. The van der Waals surface area contributed by atoms with Crippen LogP contribution in [-0.2, 0) is 0 Å². The van der Waals surface area contributed by atoms with Gasteiger partial charge >= 0.3 is 0 Å². The average molecular weight is 322 g/mol. The van der Waals surface area contributed by atoms with Crippen LogP contribution in [0, 0.1) is 0 Å². The molecule has 0 N–H and O–H groups in total. The minimum absolute atomic E-state index is 0.314. The van der Waals surface area contributed by atoms with Gasteiger partial charge in [-0.1, -0.05) is 38.3 Å². The summed E-state index contributed by atoms with van der Waals surface area (Å²) in [5.74, 6) is 3.44. The smallest absolute Gasteiger partial charge is 0.125 e. The SMILES string of the molecule is [BH3-][P+](C)(C)C[Si](C)(C)CC[Si](C)(C)C[P+]([BH3-])(C)C. The normalized spacial score (nSPS) is 15.0. The van der Waals surface area contributed by atoms with E-state index in [1.165, 1.54) is 0 Å². The minimum atomic E-state index is -0.845. The molecule has 0 unspecified atom stereocenters. The van der Waals surface area contributed by atoms with Gasteiger partial charge in [0.1, 0.15) is 15.1 Å².